The maximum Gasteiger partial charge on any atom is 0.231 e. The van der Waals surface area contributed by atoms with E-state index < -0.39 is 0 Å². The van der Waals surface area contributed by atoms with Gasteiger partial charge in [0.15, 0.2) is 0 Å². The van der Waals surface area contributed by atoms with Gasteiger partial charge in [0.1, 0.15) is 17.9 Å². The van der Waals surface area contributed by atoms with Crippen molar-refractivity contribution in [2.24, 2.45) is 5.92 Å². The molecule has 28 heavy (non-hydrogen) atoms. The molecular formula is C21H23BrN4O2. The summed E-state index contributed by atoms with van der Waals surface area (Å²) in [5.74, 6) is 1.76. The van der Waals surface area contributed by atoms with E-state index in [2.05, 4.69) is 36.1 Å². The van der Waals surface area contributed by atoms with Gasteiger partial charge in [0.25, 0.3) is 0 Å². The van der Waals surface area contributed by atoms with E-state index in [0.717, 1.165) is 52.0 Å². The summed E-state index contributed by atoms with van der Waals surface area (Å²) in [4.78, 5) is 23.7. The first-order chi connectivity index (χ1) is 13.5. The van der Waals surface area contributed by atoms with Crippen molar-refractivity contribution >= 4 is 38.8 Å². The lowest BCUT2D eigenvalue weighted by molar-refractivity contribution is -0.125. The van der Waals surface area contributed by atoms with Crippen LogP contribution in [0.4, 0.5) is 5.82 Å². The average molecular weight is 443 g/mol. The summed E-state index contributed by atoms with van der Waals surface area (Å²) in [5, 5.41) is 4.04. The Bertz CT molecular complexity index is 1020. The fraction of sp³-hybridized carbons (Fsp3) is 0.381. The van der Waals surface area contributed by atoms with Crippen molar-refractivity contribution in [1.82, 2.24) is 15.3 Å². The highest BCUT2D eigenvalue weighted by Gasteiger charge is 2.28. The fourth-order valence-corrected chi connectivity index (χ4v) is 4.21. The van der Waals surface area contributed by atoms with E-state index in [-0.39, 0.29) is 11.8 Å². The average Bonchev–Trinajstić information content (AvgIpc) is 3.00. The Balaban J connectivity index is 1.48. The Hall–Kier alpha value is -2.41. The van der Waals surface area contributed by atoms with Crippen LogP contribution >= 0.6 is 15.9 Å². The molecule has 0 aliphatic carbocycles. The highest BCUT2D eigenvalue weighted by Crippen LogP contribution is 2.32. The van der Waals surface area contributed by atoms with Crippen LogP contribution in [0.2, 0.25) is 0 Å². The Morgan fingerprint density at radius 3 is 3.04 bits per heavy atom. The number of halogens is 1. The van der Waals surface area contributed by atoms with Gasteiger partial charge in [0.05, 0.1) is 11.3 Å². The van der Waals surface area contributed by atoms with Crippen LogP contribution in [-0.2, 0) is 11.3 Å². The molecule has 7 heteroatoms. The molecule has 1 fully saturated rings. The summed E-state index contributed by atoms with van der Waals surface area (Å²) < 4.78 is 6.76. The molecule has 1 N–H and O–H groups in total. The highest BCUT2D eigenvalue weighted by atomic mass is 79.9. The molecule has 1 amide bonds. The second-order valence-corrected chi connectivity index (χ2v) is 8.21. The Kier molecular flexibility index (Phi) is 5.35. The quantitative estimate of drug-likeness (QED) is 0.657. The molecule has 1 aromatic carbocycles. The predicted octanol–water partition coefficient (Wildman–Crippen LogP) is 4.13. The van der Waals surface area contributed by atoms with Gasteiger partial charge in [-0.05, 0) is 44.4 Å². The predicted molar refractivity (Wildman–Crippen MR) is 112 cm³/mol. The monoisotopic (exact) mass is 442 g/mol. The maximum absolute atomic E-state index is 12.8. The van der Waals surface area contributed by atoms with E-state index in [0.29, 0.717) is 18.8 Å². The number of carbonyl (C=O) groups excluding carboxylic acids is 1. The number of fused-ring (bicyclic) bond motifs is 1. The molecule has 3 aromatic rings. The SMILES string of the molecule is Cc1oc2ncnc(N3CCCC(C(=O)NCc4cccc(Br)c4)C3)c2c1C. The van der Waals surface area contributed by atoms with Crippen LogP contribution in [0.15, 0.2) is 39.5 Å². The van der Waals surface area contributed by atoms with Gasteiger partial charge in [-0.2, -0.15) is 0 Å². The lowest BCUT2D eigenvalue weighted by atomic mass is 9.96. The molecule has 146 valence electrons. The van der Waals surface area contributed by atoms with Crippen LogP contribution in [0.25, 0.3) is 11.1 Å². The molecule has 1 saturated heterocycles. The third-order valence-electron chi connectivity index (χ3n) is 5.39. The Morgan fingerprint density at radius 1 is 1.36 bits per heavy atom. The van der Waals surface area contributed by atoms with Crippen LogP contribution in [0.3, 0.4) is 0 Å². The zero-order chi connectivity index (χ0) is 19.7. The minimum absolute atomic E-state index is 0.0563. The number of benzene rings is 1. The summed E-state index contributed by atoms with van der Waals surface area (Å²) in [7, 11) is 0. The number of aryl methyl sites for hydroxylation is 2. The standard InChI is InChI=1S/C21H23BrN4O2/c1-13-14(2)28-21-18(13)19(24-12-25-21)26-8-4-6-16(11-26)20(27)23-10-15-5-3-7-17(22)9-15/h3,5,7,9,12,16H,4,6,8,10-11H2,1-2H3,(H,23,27). The first-order valence-electron chi connectivity index (χ1n) is 9.50. The number of hydrogen-bond acceptors (Lipinski definition) is 5. The van der Waals surface area contributed by atoms with Gasteiger partial charge >= 0.3 is 0 Å². The van der Waals surface area contributed by atoms with Gasteiger partial charge in [0, 0.05) is 29.7 Å². The van der Waals surface area contributed by atoms with Gasteiger partial charge in [-0.3, -0.25) is 4.79 Å². The molecule has 0 bridgehead atoms. The molecule has 0 spiro atoms. The van der Waals surface area contributed by atoms with Gasteiger partial charge in [-0.25, -0.2) is 9.97 Å². The topological polar surface area (TPSA) is 71.3 Å². The minimum Gasteiger partial charge on any atom is -0.443 e. The molecular weight excluding hydrogens is 420 g/mol. The first-order valence-corrected chi connectivity index (χ1v) is 10.3. The molecule has 3 heterocycles. The summed E-state index contributed by atoms with van der Waals surface area (Å²) in [6, 6.07) is 7.99. The number of carbonyl (C=O) groups is 1. The third kappa shape index (κ3) is 3.76. The lowest BCUT2D eigenvalue weighted by Gasteiger charge is -2.33. The van der Waals surface area contributed by atoms with E-state index in [1.807, 2.05) is 38.1 Å². The minimum atomic E-state index is -0.0563. The second-order valence-electron chi connectivity index (χ2n) is 7.29. The lowest BCUT2D eigenvalue weighted by Crippen LogP contribution is -2.43. The van der Waals surface area contributed by atoms with Crippen molar-refractivity contribution in [3.05, 3.63) is 52.0 Å². The molecule has 1 unspecified atom stereocenters. The van der Waals surface area contributed by atoms with Crippen molar-refractivity contribution in [2.75, 3.05) is 18.0 Å². The highest BCUT2D eigenvalue weighted by molar-refractivity contribution is 9.10. The van der Waals surface area contributed by atoms with Crippen molar-refractivity contribution in [1.29, 1.82) is 0 Å². The van der Waals surface area contributed by atoms with Crippen molar-refractivity contribution in [3.63, 3.8) is 0 Å². The van der Waals surface area contributed by atoms with Crippen molar-refractivity contribution in [3.8, 4) is 0 Å². The summed E-state index contributed by atoms with van der Waals surface area (Å²) in [5.41, 5.74) is 2.76. The zero-order valence-electron chi connectivity index (χ0n) is 16.0. The number of anilines is 1. The fourth-order valence-electron chi connectivity index (χ4n) is 3.77. The van der Waals surface area contributed by atoms with Crippen molar-refractivity contribution in [2.45, 2.75) is 33.2 Å². The van der Waals surface area contributed by atoms with Crippen LogP contribution in [0.5, 0.6) is 0 Å². The largest absolute Gasteiger partial charge is 0.443 e. The van der Waals surface area contributed by atoms with Crippen LogP contribution in [0.1, 0.15) is 29.7 Å². The molecule has 1 aliphatic heterocycles. The van der Waals surface area contributed by atoms with E-state index in [9.17, 15) is 4.79 Å². The molecule has 1 atom stereocenters. The summed E-state index contributed by atoms with van der Waals surface area (Å²) in [6.45, 7) is 6.03. The van der Waals surface area contributed by atoms with E-state index in [4.69, 9.17) is 4.42 Å². The Labute approximate surface area is 172 Å². The number of hydrogen-bond donors (Lipinski definition) is 1. The van der Waals surface area contributed by atoms with Gasteiger partial charge in [-0.1, -0.05) is 28.1 Å². The smallest absolute Gasteiger partial charge is 0.231 e. The Morgan fingerprint density at radius 2 is 2.21 bits per heavy atom. The first kappa shape index (κ1) is 18.9. The maximum atomic E-state index is 12.8. The zero-order valence-corrected chi connectivity index (χ0v) is 17.6. The van der Waals surface area contributed by atoms with Crippen LogP contribution in [0, 0.1) is 19.8 Å². The number of amides is 1. The van der Waals surface area contributed by atoms with Crippen molar-refractivity contribution < 1.29 is 9.21 Å². The van der Waals surface area contributed by atoms with E-state index in [1.54, 1.807) is 0 Å². The molecule has 2 aromatic heterocycles. The van der Waals surface area contributed by atoms with Gasteiger partial charge in [-0.15, -0.1) is 0 Å². The summed E-state index contributed by atoms with van der Waals surface area (Å²) in [6.07, 6.45) is 3.38. The van der Waals surface area contributed by atoms with E-state index >= 15 is 0 Å². The van der Waals surface area contributed by atoms with Gasteiger partial charge in [0.2, 0.25) is 11.6 Å². The molecule has 1 aliphatic rings. The summed E-state index contributed by atoms with van der Waals surface area (Å²) >= 11 is 3.47. The second kappa shape index (κ2) is 7.91. The van der Waals surface area contributed by atoms with E-state index in [1.165, 1.54) is 6.33 Å². The van der Waals surface area contributed by atoms with Crippen LogP contribution in [-0.4, -0.2) is 29.0 Å². The number of furan rings is 1. The number of aromatic nitrogens is 2. The number of rotatable bonds is 4. The van der Waals surface area contributed by atoms with Crippen LogP contribution < -0.4 is 10.2 Å². The molecule has 0 saturated carbocycles. The number of piperidine rings is 1. The molecule has 4 rings (SSSR count). The normalized spacial score (nSPS) is 17.1. The molecule has 0 radical (unpaired) electrons. The third-order valence-corrected chi connectivity index (χ3v) is 5.89. The molecule has 6 nitrogen and oxygen atoms in total. The van der Waals surface area contributed by atoms with Gasteiger partial charge < -0.3 is 14.6 Å². The number of nitrogens with zero attached hydrogens (tertiary/aromatic N) is 3. The number of nitrogens with one attached hydrogen (secondary N) is 1.